The average Bonchev–Trinajstić information content (AvgIpc) is 2.46. The summed E-state index contributed by atoms with van der Waals surface area (Å²) >= 11 is 0. The van der Waals surface area contributed by atoms with Gasteiger partial charge in [0.2, 0.25) is 0 Å². The van der Waals surface area contributed by atoms with Crippen LogP contribution in [-0.2, 0) is 11.2 Å². The normalized spacial score (nSPS) is 19.2. The Hall–Kier alpha value is -1.71. The molecule has 110 valence electrons. The molecule has 1 amide bonds. The van der Waals surface area contributed by atoms with Crippen molar-refractivity contribution in [1.82, 2.24) is 4.90 Å². The Labute approximate surface area is 120 Å². The van der Waals surface area contributed by atoms with E-state index in [4.69, 9.17) is 4.74 Å². The second-order valence-electron chi connectivity index (χ2n) is 6.46. The van der Waals surface area contributed by atoms with E-state index in [1.54, 1.807) is 17.0 Å². The van der Waals surface area contributed by atoms with Crippen molar-refractivity contribution in [2.45, 2.75) is 45.6 Å². The molecule has 20 heavy (non-hydrogen) atoms. The van der Waals surface area contributed by atoms with Crippen LogP contribution < -0.4 is 0 Å². The number of aromatic hydroxyl groups is 1. The van der Waals surface area contributed by atoms with Crippen molar-refractivity contribution in [1.29, 1.82) is 0 Å². The van der Waals surface area contributed by atoms with E-state index in [1.165, 1.54) is 5.56 Å². The Balaban J connectivity index is 2.15. The SMILES string of the molecule is C[C@@H]1CN(C(=O)OC(C)(C)C)CCc2cc(O)ccc21. The molecule has 0 saturated heterocycles. The van der Waals surface area contributed by atoms with Gasteiger partial charge in [-0.15, -0.1) is 0 Å². The first-order chi connectivity index (χ1) is 9.26. The van der Waals surface area contributed by atoms with Gasteiger partial charge in [-0.25, -0.2) is 4.79 Å². The van der Waals surface area contributed by atoms with Gasteiger partial charge in [-0.1, -0.05) is 13.0 Å². The van der Waals surface area contributed by atoms with Crippen LogP contribution in [0.25, 0.3) is 0 Å². The fourth-order valence-electron chi connectivity index (χ4n) is 2.56. The van der Waals surface area contributed by atoms with E-state index in [2.05, 4.69) is 6.92 Å². The minimum atomic E-state index is -0.474. The molecule has 0 unspecified atom stereocenters. The fraction of sp³-hybridized carbons (Fsp3) is 0.562. The smallest absolute Gasteiger partial charge is 0.410 e. The maximum Gasteiger partial charge on any atom is 0.410 e. The largest absolute Gasteiger partial charge is 0.508 e. The number of benzene rings is 1. The van der Waals surface area contributed by atoms with Crippen molar-refractivity contribution in [2.75, 3.05) is 13.1 Å². The van der Waals surface area contributed by atoms with Gasteiger partial charge in [-0.2, -0.15) is 0 Å². The van der Waals surface area contributed by atoms with Crippen LogP contribution in [0.15, 0.2) is 18.2 Å². The second-order valence-corrected chi connectivity index (χ2v) is 6.46. The number of ether oxygens (including phenoxy) is 1. The molecule has 0 fully saturated rings. The fourth-order valence-corrected chi connectivity index (χ4v) is 2.56. The van der Waals surface area contributed by atoms with Crippen molar-refractivity contribution < 1.29 is 14.6 Å². The van der Waals surface area contributed by atoms with Crippen molar-refractivity contribution in [3.05, 3.63) is 29.3 Å². The zero-order chi connectivity index (χ0) is 14.9. The number of nitrogens with zero attached hydrogens (tertiary/aromatic N) is 1. The van der Waals surface area contributed by atoms with Gasteiger partial charge in [0.1, 0.15) is 11.4 Å². The molecule has 4 nitrogen and oxygen atoms in total. The van der Waals surface area contributed by atoms with Crippen molar-refractivity contribution in [3.8, 4) is 5.75 Å². The molecule has 0 spiro atoms. The molecule has 2 rings (SSSR count). The lowest BCUT2D eigenvalue weighted by Gasteiger charge is -2.27. The number of hydrogen-bond donors (Lipinski definition) is 1. The lowest BCUT2D eigenvalue weighted by molar-refractivity contribution is 0.0248. The molecule has 0 aromatic heterocycles. The van der Waals surface area contributed by atoms with Crippen LogP contribution in [0.1, 0.15) is 44.7 Å². The summed E-state index contributed by atoms with van der Waals surface area (Å²) in [6.07, 6.45) is 0.481. The third-order valence-corrected chi connectivity index (χ3v) is 3.45. The lowest BCUT2D eigenvalue weighted by Crippen LogP contribution is -2.38. The van der Waals surface area contributed by atoms with E-state index in [0.717, 1.165) is 12.0 Å². The molecule has 1 atom stereocenters. The van der Waals surface area contributed by atoms with Crippen molar-refractivity contribution in [3.63, 3.8) is 0 Å². The third-order valence-electron chi connectivity index (χ3n) is 3.45. The summed E-state index contributed by atoms with van der Waals surface area (Å²) in [5.74, 6) is 0.516. The molecule has 1 aliphatic heterocycles. The Morgan fingerprint density at radius 1 is 1.40 bits per heavy atom. The monoisotopic (exact) mass is 277 g/mol. The Morgan fingerprint density at radius 3 is 2.75 bits per heavy atom. The number of hydrogen-bond acceptors (Lipinski definition) is 3. The van der Waals surface area contributed by atoms with Crippen molar-refractivity contribution in [2.24, 2.45) is 0 Å². The summed E-state index contributed by atoms with van der Waals surface area (Å²) in [5.41, 5.74) is 1.84. The molecule has 1 aromatic rings. The highest BCUT2D eigenvalue weighted by molar-refractivity contribution is 5.68. The van der Waals surface area contributed by atoms with Crippen LogP contribution in [-0.4, -0.2) is 34.8 Å². The molecule has 0 radical (unpaired) electrons. The van der Waals surface area contributed by atoms with E-state index in [9.17, 15) is 9.90 Å². The van der Waals surface area contributed by atoms with E-state index >= 15 is 0 Å². The zero-order valence-corrected chi connectivity index (χ0v) is 12.6. The van der Waals surface area contributed by atoms with Gasteiger partial charge < -0.3 is 14.7 Å². The summed E-state index contributed by atoms with van der Waals surface area (Å²) < 4.78 is 5.44. The van der Waals surface area contributed by atoms with Crippen LogP contribution in [0.5, 0.6) is 5.75 Å². The van der Waals surface area contributed by atoms with E-state index in [0.29, 0.717) is 13.1 Å². The molecule has 1 aliphatic rings. The Kier molecular flexibility index (Phi) is 3.93. The molecule has 1 aromatic carbocycles. The summed E-state index contributed by atoms with van der Waals surface area (Å²) in [6, 6.07) is 5.46. The van der Waals surface area contributed by atoms with E-state index in [1.807, 2.05) is 26.8 Å². The summed E-state index contributed by atoms with van der Waals surface area (Å²) in [6.45, 7) is 8.98. The highest BCUT2D eigenvalue weighted by atomic mass is 16.6. The first-order valence-corrected chi connectivity index (χ1v) is 7.06. The zero-order valence-electron chi connectivity index (χ0n) is 12.6. The molecule has 4 heteroatoms. The Morgan fingerprint density at radius 2 is 2.10 bits per heavy atom. The standard InChI is InChI=1S/C16H23NO3/c1-11-10-17(15(19)20-16(2,3)4)8-7-12-9-13(18)5-6-14(11)12/h5-6,9,11,18H,7-8,10H2,1-4H3/t11-/m1/s1. The second kappa shape index (κ2) is 5.35. The minimum absolute atomic E-state index is 0.237. The van der Waals surface area contributed by atoms with Gasteiger partial charge in [-0.05, 0) is 56.4 Å². The predicted octanol–water partition coefficient (Wildman–Crippen LogP) is 3.29. The quantitative estimate of drug-likeness (QED) is 0.791. The molecule has 0 aliphatic carbocycles. The van der Waals surface area contributed by atoms with Crippen molar-refractivity contribution >= 4 is 6.09 Å². The number of fused-ring (bicyclic) bond motifs is 1. The number of carbonyl (C=O) groups excluding carboxylic acids is 1. The molecular weight excluding hydrogens is 254 g/mol. The molecule has 1 heterocycles. The Bertz CT molecular complexity index is 505. The first-order valence-electron chi connectivity index (χ1n) is 7.06. The van der Waals surface area contributed by atoms with Crippen LogP contribution >= 0.6 is 0 Å². The van der Waals surface area contributed by atoms with Crippen LogP contribution in [0.3, 0.4) is 0 Å². The predicted molar refractivity (Wildman–Crippen MR) is 78.0 cm³/mol. The van der Waals surface area contributed by atoms with Gasteiger partial charge in [0.25, 0.3) is 0 Å². The van der Waals surface area contributed by atoms with Gasteiger partial charge >= 0.3 is 6.09 Å². The van der Waals surface area contributed by atoms with Gasteiger partial charge in [0.05, 0.1) is 0 Å². The van der Waals surface area contributed by atoms with Crippen LogP contribution in [0.4, 0.5) is 4.79 Å². The van der Waals surface area contributed by atoms with Gasteiger partial charge in [-0.3, -0.25) is 0 Å². The molecule has 0 saturated carbocycles. The highest BCUT2D eigenvalue weighted by Crippen LogP contribution is 2.28. The highest BCUT2D eigenvalue weighted by Gasteiger charge is 2.27. The number of phenols is 1. The third kappa shape index (κ3) is 3.44. The summed E-state index contributed by atoms with van der Waals surface area (Å²) in [7, 11) is 0. The number of rotatable bonds is 0. The maximum absolute atomic E-state index is 12.2. The lowest BCUT2D eigenvalue weighted by atomic mass is 9.95. The topological polar surface area (TPSA) is 49.8 Å². The van der Waals surface area contributed by atoms with Crippen LogP contribution in [0, 0.1) is 0 Å². The van der Waals surface area contributed by atoms with Gasteiger partial charge in [0.15, 0.2) is 0 Å². The minimum Gasteiger partial charge on any atom is -0.508 e. The maximum atomic E-state index is 12.2. The molecule has 1 N–H and O–H groups in total. The van der Waals surface area contributed by atoms with Crippen LogP contribution in [0.2, 0.25) is 0 Å². The van der Waals surface area contributed by atoms with Gasteiger partial charge in [0, 0.05) is 13.1 Å². The number of carbonyl (C=O) groups is 1. The number of amides is 1. The number of phenolic OH excluding ortho intramolecular Hbond substituents is 1. The summed E-state index contributed by atoms with van der Waals surface area (Å²) in [5, 5.41) is 9.59. The molecular formula is C16H23NO3. The van der Waals surface area contributed by atoms with E-state index < -0.39 is 5.60 Å². The average molecular weight is 277 g/mol. The first kappa shape index (κ1) is 14.7. The van der Waals surface area contributed by atoms with E-state index in [-0.39, 0.29) is 17.8 Å². The summed E-state index contributed by atoms with van der Waals surface area (Å²) in [4.78, 5) is 13.9. The molecule has 0 bridgehead atoms.